The molecule has 1 saturated heterocycles. The fourth-order valence-electron chi connectivity index (χ4n) is 2.65. The Hall–Kier alpha value is -1.42. The van der Waals surface area contributed by atoms with Crippen LogP contribution >= 0.6 is 11.6 Å². The van der Waals surface area contributed by atoms with E-state index in [4.69, 9.17) is 16.3 Å². The van der Waals surface area contributed by atoms with Crippen LogP contribution in [0, 0.1) is 5.82 Å². The molecule has 4 heteroatoms. The first-order valence-electron chi connectivity index (χ1n) is 7.03. The predicted octanol–water partition coefficient (Wildman–Crippen LogP) is 3.75. The Morgan fingerprint density at radius 1 is 1.05 bits per heavy atom. The number of hydrogen-bond acceptors (Lipinski definition) is 2. The van der Waals surface area contributed by atoms with Crippen molar-refractivity contribution < 1.29 is 9.13 Å². The Labute approximate surface area is 128 Å². The maximum atomic E-state index is 13.0. The zero-order valence-corrected chi connectivity index (χ0v) is 12.3. The van der Waals surface area contributed by atoms with Gasteiger partial charge in [0.25, 0.3) is 0 Å². The van der Waals surface area contributed by atoms with Crippen molar-refractivity contribution in [3.8, 4) is 0 Å². The van der Waals surface area contributed by atoms with Crippen molar-refractivity contribution in [3.05, 3.63) is 70.5 Å². The van der Waals surface area contributed by atoms with Crippen molar-refractivity contribution >= 4 is 11.6 Å². The Bertz CT molecular complexity index is 585. The zero-order valence-electron chi connectivity index (χ0n) is 11.6. The minimum absolute atomic E-state index is 0.205. The quantitative estimate of drug-likeness (QED) is 0.929. The second-order valence-corrected chi connectivity index (χ2v) is 5.75. The lowest BCUT2D eigenvalue weighted by Gasteiger charge is -2.19. The Balaban J connectivity index is 1.64. The lowest BCUT2D eigenvalue weighted by atomic mass is 9.94. The van der Waals surface area contributed by atoms with Gasteiger partial charge in [-0.3, -0.25) is 0 Å². The molecule has 2 aromatic carbocycles. The molecule has 110 valence electrons. The summed E-state index contributed by atoms with van der Waals surface area (Å²) in [4.78, 5) is 0. The van der Waals surface area contributed by atoms with Crippen LogP contribution in [0.5, 0.6) is 0 Å². The van der Waals surface area contributed by atoms with Crippen molar-refractivity contribution in [2.75, 3.05) is 13.2 Å². The maximum Gasteiger partial charge on any atom is 0.123 e. The number of rotatable bonds is 4. The molecule has 3 rings (SSSR count). The van der Waals surface area contributed by atoms with E-state index in [2.05, 4.69) is 5.32 Å². The van der Waals surface area contributed by atoms with Crippen molar-refractivity contribution in [1.29, 1.82) is 0 Å². The van der Waals surface area contributed by atoms with Crippen LogP contribution in [0.1, 0.15) is 17.0 Å². The smallest absolute Gasteiger partial charge is 0.123 e. The number of nitrogens with one attached hydrogen (secondary N) is 1. The van der Waals surface area contributed by atoms with E-state index in [1.807, 2.05) is 36.4 Å². The summed E-state index contributed by atoms with van der Waals surface area (Å²) in [6, 6.07) is 14.7. The number of benzene rings is 2. The Morgan fingerprint density at radius 3 is 2.48 bits per heavy atom. The van der Waals surface area contributed by atoms with E-state index in [0.29, 0.717) is 13.2 Å². The molecule has 0 amide bonds. The van der Waals surface area contributed by atoms with Crippen LogP contribution in [0.25, 0.3) is 0 Å². The van der Waals surface area contributed by atoms with E-state index in [0.717, 1.165) is 17.1 Å². The molecule has 0 aromatic heterocycles. The van der Waals surface area contributed by atoms with E-state index in [-0.39, 0.29) is 17.8 Å². The molecule has 0 saturated carbocycles. The average molecular weight is 306 g/mol. The monoisotopic (exact) mass is 305 g/mol. The highest BCUT2D eigenvalue weighted by Crippen LogP contribution is 2.26. The minimum atomic E-state index is -0.205. The highest BCUT2D eigenvalue weighted by atomic mass is 35.5. The van der Waals surface area contributed by atoms with E-state index < -0.39 is 0 Å². The van der Waals surface area contributed by atoms with Gasteiger partial charge < -0.3 is 10.1 Å². The van der Waals surface area contributed by atoms with Crippen LogP contribution in [0.3, 0.4) is 0 Å². The van der Waals surface area contributed by atoms with E-state index >= 15 is 0 Å². The summed E-state index contributed by atoms with van der Waals surface area (Å²) in [5.41, 5.74) is 2.30. The molecule has 1 fully saturated rings. The van der Waals surface area contributed by atoms with Crippen LogP contribution in [0.15, 0.2) is 48.5 Å². The highest BCUT2D eigenvalue weighted by molar-refractivity contribution is 6.30. The summed E-state index contributed by atoms with van der Waals surface area (Å²) < 4.78 is 18.6. The molecule has 2 atom stereocenters. The van der Waals surface area contributed by atoms with Gasteiger partial charge >= 0.3 is 0 Å². The van der Waals surface area contributed by atoms with E-state index in [9.17, 15) is 4.39 Å². The molecule has 1 aliphatic rings. The topological polar surface area (TPSA) is 21.3 Å². The van der Waals surface area contributed by atoms with Crippen LogP contribution < -0.4 is 5.32 Å². The van der Waals surface area contributed by atoms with Gasteiger partial charge in [-0.2, -0.15) is 0 Å². The lowest BCUT2D eigenvalue weighted by Crippen LogP contribution is -2.33. The normalized spacial score (nSPS) is 21.6. The second kappa shape index (κ2) is 6.56. The van der Waals surface area contributed by atoms with Crippen molar-refractivity contribution in [2.45, 2.75) is 18.5 Å². The number of ether oxygens (including phenoxy) is 1. The summed E-state index contributed by atoms with van der Waals surface area (Å²) in [6.07, 6.45) is 0. The third kappa shape index (κ3) is 3.62. The third-order valence-corrected chi connectivity index (χ3v) is 4.11. The van der Waals surface area contributed by atoms with Crippen molar-refractivity contribution in [1.82, 2.24) is 5.32 Å². The van der Waals surface area contributed by atoms with Gasteiger partial charge in [0.2, 0.25) is 0 Å². The first kappa shape index (κ1) is 14.5. The van der Waals surface area contributed by atoms with Gasteiger partial charge in [0.15, 0.2) is 0 Å². The standard InChI is InChI=1S/C17H17ClFNO/c18-14-5-1-12(2-6-14)9-20-17-11-21-10-16(17)13-3-7-15(19)8-4-13/h1-8,16-17,20H,9-11H2/t16-,17+/m0/s1. The van der Waals surface area contributed by atoms with E-state index in [1.54, 1.807) is 0 Å². The third-order valence-electron chi connectivity index (χ3n) is 3.86. The Morgan fingerprint density at radius 2 is 1.76 bits per heavy atom. The summed E-state index contributed by atoms with van der Waals surface area (Å²) >= 11 is 5.88. The van der Waals surface area contributed by atoms with Crippen LogP contribution in [-0.2, 0) is 11.3 Å². The summed E-state index contributed by atoms with van der Waals surface area (Å²) in [5.74, 6) is 0.0567. The highest BCUT2D eigenvalue weighted by Gasteiger charge is 2.29. The Kier molecular flexibility index (Phi) is 4.54. The van der Waals surface area contributed by atoms with Crippen LogP contribution in [0.2, 0.25) is 5.02 Å². The molecule has 0 aliphatic carbocycles. The molecule has 2 aromatic rings. The van der Waals surface area contributed by atoms with Gasteiger partial charge in [-0.25, -0.2) is 4.39 Å². The average Bonchev–Trinajstić information content (AvgIpc) is 2.96. The molecule has 1 aliphatic heterocycles. The minimum Gasteiger partial charge on any atom is -0.379 e. The predicted molar refractivity (Wildman–Crippen MR) is 82.0 cm³/mol. The SMILES string of the molecule is Fc1ccc([C@@H]2COC[C@H]2NCc2ccc(Cl)cc2)cc1. The van der Waals surface area contributed by atoms with Crippen molar-refractivity contribution in [2.24, 2.45) is 0 Å². The molecule has 1 N–H and O–H groups in total. The number of hydrogen-bond donors (Lipinski definition) is 1. The molecule has 0 spiro atoms. The van der Waals surface area contributed by atoms with Crippen molar-refractivity contribution in [3.63, 3.8) is 0 Å². The molecular formula is C17H17ClFNO. The van der Waals surface area contributed by atoms with Gasteiger partial charge in [-0.1, -0.05) is 35.9 Å². The van der Waals surface area contributed by atoms with Gasteiger partial charge in [-0.05, 0) is 35.4 Å². The van der Waals surface area contributed by atoms with Gasteiger partial charge in [0.05, 0.1) is 13.2 Å². The summed E-state index contributed by atoms with van der Waals surface area (Å²) in [7, 11) is 0. The fraction of sp³-hybridized carbons (Fsp3) is 0.294. The van der Waals surface area contributed by atoms with Gasteiger partial charge in [-0.15, -0.1) is 0 Å². The maximum absolute atomic E-state index is 13.0. The van der Waals surface area contributed by atoms with Gasteiger partial charge in [0.1, 0.15) is 5.82 Å². The summed E-state index contributed by atoms with van der Waals surface area (Å²) in [6.45, 7) is 2.11. The number of halogens is 2. The van der Waals surface area contributed by atoms with E-state index in [1.165, 1.54) is 17.7 Å². The molecule has 2 nitrogen and oxygen atoms in total. The first-order chi connectivity index (χ1) is 10.2. The zero-order chi connectivity index (χ0) is 14.7. The fourth-order valence-corrected chi connectivity index (χ4v) is 2.77. The molecule has 0 bridgehead atoms. The molecule has 0 unspecified atom stereocenters. The van der Waals surface area contributed by atoms with Crippen LogP contribution in [0.4, 0.5) is 4.39 Å². The molecule has 1 heterocycles. The van der Waals surface area contributed by atoms with Crippen LogP contribution in [-0.4, -0.2) is 19.3 Å². The lowest BCUT2D eigenvalue weighted by molar-refractivity contribution is 0.187. The molecular weight excluding hydrogens is 289 g/mol. The largest absolute Gasteiger partial charge is 0.379 e. The summed E-state index contributed by atoms with van der Waals surface area (Å²) in [5, 5.41) is 4.26. The molecule has 21 heavy (non-hydrogen) atoms. The van der Waals surface area contributed by atoms with Gasteiger partial charge in [0, 0.05) is 23.5 Å². The second-order valence-electron chi connectivity index (χ2n) is 5.31. The first-order valence-corrected chi connectivity index (χ1v) is 7.41. The molecule has 0 radical (unpaired) electrons.